The number of aliphatic hydroxyl groups is 1. The van der Waals surface area contributed by atoms with Crippen LogP contribution in [0.1, 0.15) is 18.1 Å². The molecule has 0 saturated carbocycles. The molecule has 1 amide bonds. The largest absolute Gasteiger partial charge is 0.463 e. The quantitative estimate of drug-likeness (QED) is 0.366. The van der Waals surface area contributed by atoms with Crippen molar-refractivity contribution >= 4 is 56.5 Å². The number of carbonyl (C=O) groups is 2. The number of alkyl halides is 3. The highest BCUT2D eigenvalue weighted by Gasteiger charge is 2.22. The summed E-state index contributed by atoms with van der Waals surface area (Å²) in [5.41, 5.74) is -0.995. The van der Waals surface area contributed by atoms with Gasteiger partial charge in [0.25, 0.3) is 5.91 Å². The zero-order valence-electron chi connectivity index (χ0n) is 13.0. The number of halogens is 3. The van der Waals surface area contributed by atoms with Crippen molar-refractivity contribution in [3.05, 3.63) is 29.8 Å². The maximum absolute atomic E-state index is 11.6. The van der Waals surface area contributed by atoms with Crippen LogP contribution in [0.4, 0.5) is 0 Å². The van der Waals surface area contributed by atoms with Gasteiger partial charge in [0.2, 0.25) is 5.50 Å². The van der Waals surface area contributed by atoms with E-state index >= 15 is 0 Å². The molecule has 0 aliphatic carbocycles. The molecule has 0 heterocycles. The van der Waals surface area contributed by atoms with Crippen LogP contribution in [-0.2, 0) is 24.2 Å². The topological polar surface area (TPSA) is 110 Å². The van der Waals surface area contributed by atoms with Crippen molar-refractivity contribution in [2.75, 3.05) is 12.9 Å². The highest BCUT2D eigenvalue weighted by atomic mass is 35.5. The van der Waals surface area contributed by atoms with Crippen molar-refractivity contribution in [1.82, 2.24) is 5.32 Å². The molecule has 25 heavy (non-hydrogen) atoms. The number of ether oxygens (including phenoxy) is 1. The standard InChI is InChI=1S/C14H16Cl3NO6S/c1-25(22,23)9-4-2-8(3-5-9)10(19)6-7-24-14(21)12(17)18-13(20)11(15)16/h2-5,10-12,19H,6-7H2,1H3,(H,18,20). The van der Waals surface area contributed by atoms with E-state index in [2.05, 4.69) is 0 Å². The van der Waals surface area contributed by atoms with Crippen LogP contribution in [0.2, 0.25) is 0 Å². The molecule has 0 aromatic heterocycles. The van der Waals surface area contributed by atoms with Crippen molar-refractivity contribution in [2.45, 2.75) is 27.8 Å². The third kappa shape index (κ3) is 7.37. The Morgan fingerprint density at radius 2 is 1.76 bits per heavy atom. The third-order valence-electron chi connectivity index (χ3n) is 3.00. The number of sulfone groups is 1. The Morgan fingerprint density at radius 1 is 1.20 bits per heavy atom. The van der Waals surface area contributed by atoms with Gasteiger partial charge in [-0.2, -0.15) is 0 Å². The van der Waals surface area contributed by atoms with E-state index in [1.165, 1.54) is 24.3 Å². The van der Waals surface area contributed by atoms with Gasteiger partial charge in [-0.25, -0.2) is 13.2 Å². The summed E-state index contributed by atoms with van der Waals surface area (Å²) in [7, 11) is -3.32. The van der Waals surface area contributed by atoms with Crippen LogP contribution in [0.15, 0.2) is 29.2 Å². The van der Waals surface area contributed by atoms with Gasteiger partial charge < -0.3 is 15.2 Å². The van der Waals surface area contributed by atoms with Crippen LogP contribution < -0.4 is 5.32 Å². The molecule has 140 valence electrons. The molecule has 2 N–H and O–H groups in total. The molecule has 0 aliphatic heterocycles. The van der Waals surface area contributed by atoms with Crippen molar-refractivity contribution in [1.29, 1.82) is 0 Å². The molecule has 1 aromatic rings. The Hall–Kier alpha value is -1.06. The molecular formula is C14H16Cl3NO6S. The average molecular weight is 433 g/mol. The van der Waals surface area contributed by atoms with E-state index in [1.807, 2.05) is 5.32 Å². The van der Waals surface area contributed by atoms with Gasteiger partial charge >= 0.3 is 5.97 Å². The fraction of sp³-hybridized carbons (Fsp3) is 0.429. The summed E-state index contributed by atoms with van der Waals surface area (Å²) in [6, 6.07) is 5.68. The number of esters is 1. The van der Waals surface area contributed by atoms with Crippen molar-refractivity contribution in [3.8, 4) is 0 Å². The second kappa shape index (κ2) is 9.59. The zero-order chi connectivity index (χ0) is 19.2. The Balaban J connectivity index is 2.47. The molecule has 2 atom stereocenters. The Bertz CT molecular complexity index is 708. The van der Waals surface area contributed by atoms with Crippen LogP contribution in [0.25, 0.3) is 0 Å². The summed E-state index contributed by atoms with van der Waals surface area (Å²) in [5, 5.41) is 12.0. The summed E-state index contributed by atoms with van der Waals surface area (Å²) in [6.07, 6.45) is 0.158. The van der Waals surface area contributed by atoms with Gasteiger partial charge in [0.15, 0.2) is 14.7 Å². The van der Waals surface area contributed by atoms with Gasteiger partial charge in [-0.05, 0) is 17.7 Å². The lowest BCUT2D eigenvalue weighted by Gasteiger charge is -2.14. The molecule has 1 rings (SSSR count). The number of aliphatic hydroxyl groups excluding tert-OH is 1. The summed E-state index contributed by atoms with van der Waals surface area (Å²) in [4.78, 5) is 21.5. The third-order valence-corrected chi connectivity index (χ3v) is 4.81. The van der Waals surface area contributed by atoms with E-state index in [4.69, 9.17) is 39.5 Å². The zero-order valence-corrected chi connectivity index (χ0v) is 16.1. The Kier molecular flexibility index (Phi) is 8.43. The van der Waals surface area contributed by atoms with Gasteiger partial charge in [0.05, 0.1) is 17.6 Å². The minimum absolute atomic E-state index is 0.0507. The first-order chi connectivity index (χ1) is 11.5. The summed E-state index contributed by atoms with van der Waals surface area (Å²) < 4.78 is 27.6. The molecular weight excluding hydrogens is 417 g/mol. The number of hydrogen-bond acceptors (Lipinski definition) is 6. The molecule has 2 unspecified atom stereocenters. The van der Waals surface area contributed by atoms with Gasteiger partial charge in [0, 0.05) is 12.7 Å². The average Bonchev–Trinajstić information content (AvgIpc) is 2.53. The molecule has 0 spiro atoms. The van der Waals surface area contributed by atoms with Gasteiger partial charge in [-0.3, -0.25) is 4.79 Å². The molecule has 0 fully saturated rings. The number of nitrogens with one attached hydrogen (secondary N) is 1. The van der Waals surface area contributed by atoms with Crippen LogP contribution >= 0.6 is 34.8 Å². The summed E-state index contributed by atoms with van der Waals surface area (Å²) >= 11 is 16.2. The lowest BCUT2D eigenvalue weighted by atomic mass is 10.1. The fourth-order valence-corrected chi connectivity index (χ4v) is 2.62. The first kappa shape index (κ1) is 22.0. The second-order valence-corrected chi connectivity index (χ2v) is 8.53. The van der Waals surface area contributed by atoms with Gasteiger partial charge in [-0.1, -0.05) is 46.9 Å². The van der Waals surface area contributed by atoms with Gasteiger partial charge in [-0.15, -0.1) is 0 Å². The molecule has 11 heteroatoms. The Morgan fingerprint density at radius 3 is 2.24 bits per heavy atom. The lowest BCUT2D eigenvalue weighted by Crippen LogP contribution is -2.40. The number of hydrogen-bond donors (Lipinski definition) is 2. The molecule has 0 radical (unpaired) electrons. The minimum Gasteiger partial charge on any atom is -0.463 e. The van der Waals surface area contributed by atoms with Crippen LogP contribution in [-0.4, -0.2) is 48.6 Å². The number of benzene rings is 1. The monoisotopic (exact) mass is 431 g/mol. The molecule has 7 nitrogen and oxygen atoms in total. The van der Waals surface area contributed by atoms with E-state index in [-0.39, 0.29) is 17.9 Å². The van der Waals surface area contributed by atoms with E-state index in [9.17, 15) is 23.1 Å². The number of carbonyl (C=O) groups excluding carboxylic acids is 2. The van der Waals surface area contributed by atoms with E-state index in [0.29, 0.717) is 5.56 Å². The normalized spacial score (nSPS) is 14.0. The van der Waals surface area contributed by atoms with Crippen LogP contribution in [0, 0.1) is 0 Å². The Labute approximate surface area is 160 Å². The first-order valence-electron chi connectivity index (χ1n) is 6.89. The molecule has 0 saturated heterocycles. The highest BCUT2D eigenvalue weighted by molar-refractivity contribution is 7.90. The number of rotatable bonds is 8. The van der Waals surface area contributed by atoms with E-state index in [0.717, 1.165) is 6.26 Å². The minimum atomic E-state index is -3.32. The lowest BCUT2D eigenvalue weighted by molar-refractivity contribution is -0.145. The molecule has 1 aromatic carbocycles. The highest BCUT2D eigenvalue weighted by Crippen LogP contribution is 2.19. The van der Waals surface area contributed by atoms with Gasteiger partial charge in [0.1, 0.15) is 0 Å². The molecule has 0 aliphatic rings. The van der Waals surface area contributed by atoms with Crippen molar-refractivity contribution in [3.63, 3.8) is 0 Å². The fourth-order valence-electron chi connectivity index (χ4n) is 1.69. The van der Waals surface area contributed by atoms with Crippen LogP contribution in [0.5, 0.6) is 0 Å². The maximum Gasteiger partial charge on any atom is 0.344 e. The van der Waals surface area contributed by atoms with E-state index < -0.39 is 38.2 Å². The van der Waals surface area contributed by atoms with Crippen LogP contribution in [0.3, 0.4) is 0 Å². The predicted molar refractivity (Wildman–Crippen MR) is 93.4 cm³/mol. The first-order valence-corrected chi connectivity index (χ1v) is 10.1. The number of amides is 1. The van der Waals surface area contributed by atoms with Crippen molar-refractivity contribution < 1.29 is 27.9 Å². The van der Waals surface area contributed by atoms with E-state index in [1.54, 1.807) is 0 Å². The second-order valence-electron chi connectivity index (χ2n) is 4.99. The summed E-state index contributed by atoms with van der Waals surface area (Å²) in [5.74, 6) is -1.77. The van der Waals surface area contributed by atoms with Crippen molar-refractivity contribution in [2.24, 2.45) is 0 Å². The SMILES string of the molecule is CS(=O)(=O)c1ccc(C(O)CCOC(=O)C(Cl)NC(=O)C(Cl)Cl)cc1. The maximum atomic E-state index is 11.6. The predicted octanol–water partition coefficient (Wildman–Crippen LogP) is 1.54. The summed E-state index contributed by atoms with van der Waals surface area (Å²) in [6.45, 7) is -0.169. The molecule has 0 bridgehead atoms. The smallest absolute Gasteiger partial charge is 0.344 e.